The highest BCUT2D eigenvalue weighted by Gasteiger charge is 2.21. The highest BCUT2D eigenvalue weighted by molar-refractivity contribution is 7.88. The van der Waals surface area contributed by atoms with Crippen molar-refractivity contribution in [1.29, 1.82) is 0 Å². The van der Waals surface area contributed by atoms with Crippen molar-refractivity contribution in [3.05, 3.63) is 69.2 Å². The fourth-order valence-electron chi connectivity index (χ4n) is 3.16. The Morgan fingerprint density at radius 1 is 1.29 bits per heavy atom. The van der Waals surface area contributed by atoms with Gasteiger partial charge in [0.2, 0.25) is 10.0 Å². The van der Waals surface area contributed by atoms with Gasteiger partial charge in [-0.2, -0.15) is 0 Å². The summed E-state index contributed by atoms with van der Waals surface area (Å²) in [6.45, 7) is 1.67. The highest BCUT2D eigenvalue weighted by Crippen LogP contribution is 2.23. The standard InChI is InChI=1S/C20H21ClN4O5S/c1-12(22-20(27)28)18-23-16-9-5-8-15(21)17(16)19(26)25(18)14-7-4-6-13(10-14)11-24(2)31(3,29)30/h4-10,12,22H,11H2,1-3H3,(H,27,28). The van der Waals surface area contributed by atoms with Gasteiger partial charge in [-0.05, 0) is 36.8 Å². The lowest BCUT2D eigenvalue weighted by Gasteiger charge is -2.20. The monoisotopic (exact) mass is 464 g/mol. The van der Waals surface area contributed by atoms with E-state index in [0.29, 0.717) is 16.8 Å². The van der Waals surface area contributed by atoms with Crippen LogP contribution in [0.25, 0.3) is 16.6 Å². The molecule has 2 N–H and O–H groups in total. The number of rotatable bonds is 6. The highest BCUT2D eigenvalue weighted by atomic mass is 35.5. The predicted molar refractivity (Wildman–Crippen MR) is 118 cm³/mol. The number of hydrogen-bond acceptors (Lipinski definition) is 5. The van der Waals surface area contributed by atoms with E-state index in [1.807, 2.05) is 0 Å². The molecule has 1 atom stereocenters. The van der Waals surface area contributed by atoms with Crippen molar-refractivity contribution in [3.63, 3.8) is 0 Å². The zero-order valence-electron chi connectivity index (χ0n) is 17.0. The van der Waals surface area contributed by atoms with Crippen LogP contribution in [0.5, 0.6) is 0 Å². The Labute approximate surface area is 184 Å². The van der Waals surface area contributed by atoms with Crippen LogP contribution < -0.4 is 10.9 Å². The first kappa shape index (κ1) is 22.7. The fraction of sp³-hybridized carbons (Fsp3) is 0.250. The van der Waals surface area contributed by atoms with Crippen molar-refractivity contribution >= 4 is 38.6 Å². The molecular weight excluding hydrogens is 444 g/mol. The number of fused-ring (bicyclic) bond motifs is 1. The molecule has 1 amide bonds. The second-order valence-electron chi connectivity index (χ2n) is 7.10. The summed E-state index contributed by atoms with van der Waals surface area (Å²) in [6, 6.07) is 10.8. The molecule has 1 unspecified atom stereocenters. The SMILES string of the molecule is CC(NC(=O)O)c1nc2cccc(Cl)c2c(=O)n1-c1cccc(CN(C)S(C)(=O)=O)c1. The number of nitrogens with zero attached hydrogens (tertiary/aromatic N) is 3. The van der Waals surface area contributed by atoms with Crippen LogP contribution in [0.2, 0.25) is 5.02 Å². The molecule has 0 bridgehead atoms. The second-order valence-corrected chi connectivity index (χ2v) is 9.60. The first-order chi connectivity index (χ1) is 14.5. The lowest BCUT2D eigenvalue weighted by atomic mass is 10.1. The van der Waals surface area contributed by atoms with Crippen LogP contribution in [-0.4, -0.2) is 46.8 Å². The zero-order chi connectivity index (χ0) is 22.9. The van der Waals surface area contributed by atoms with Gasteiger partial charge in [-0.1, -0.05) is 29.8 Å². The van der Waals surface area contributed by atoms with Crippen LogP contribution in [0, 0.1) is 0 Å². The summed E-state index contributed by atoms with van der Waals surface area (Å²) in [5, 5.41) is 11.9. The number of halogens is 1. The van der Waals surface area contributed by atoms with Crippen molar-refractivity contribution in [2.75, 3.05) is 13.3 Å². The molecule has 31 heavy (non-hydrogen) atoms. The topological polar surface area (TPSA) is 122 Å². The Morgan fingerprint density at radius 2 is 1.97 bits per heavy atom. The zero-order valence-corrected chi connectivity index (χ0v) is 18.6. The number of sulfonamides is 1. The van der Waals surface area contributed by atoms with Gasteiger partial charge in [-0.3, -0.25) is 9.36 Å². The van der Waals surface area contributed by atoms with Gasteiger partial charge >= 0.3 is 6.09 Å². The van der Waals surface area contributed by atoms with Crippen molar-refractivity contribution in [1.82, 2.24) is 19.2 Å². The van der Waals surface area contributed by atoms with Crippen LogP contribution in [-0.2, 0) is 16.6 Å². The molecule has 0 aliphatic carbocycles. The molecule has 0 radical (unpaired) electrons. The van der Waals surface area contributed by atoms with Gasteiger partial charge in [0.05, 0.1) is 33.9 Å². The van der Waals surface area contributed by atoms with E-state index in [1.165, 1.54) is 15.9 Å². The summed E-state index contributed by atoms with van der Waals surface area (Å²) >= 11 is 6.25. The second kappa shape index (κ2) is 8.66. The molecule has 3 rings (SSSR count). The third kappa shape index (κ3) is 4.87. The summed E-state index contributed by atoms with van der Waals surface area (Å²) < 4.78 is 26.0. The summed E-state index contributed by atoms with van der Waals surface area (Å²) in [5.41, 5.74) is 0.933. The van der Waals surface area contributed by atoms with Gasteiger partial charge < -0.3 is 10.4 Å². The van der Waals surface area contributed by atoms with Gasteiger partial charge in [-0.15, -0.1) is 0 Å². The minimum atomic E-state index is -3.40. The minimum absolute atomic E-state index is 0.0987. The maximum absolute atomic E-state index is 13.4. The summed E-state index contributed by atoms with van der Waals surface area (Å²) in [5.74, 6) is 0.177. The molecule has 164 valence electrons. The number of hydrogen-bond donors (Lipinski definition) is 2. The molecule has 3 aromatic rings. The van der Waals surface area contributed by atoms with E-state index in [1.54, 1.807) is 49.4 Å². The van der Waals surface area contributed by atoms with E-state index < -0.39 is 27.7 Å². The smallest absolute Gasteiger partial charge is 0.405 e. The van der Waals surface area contributed by atoms with E-state index >= 15 is 0 Å². The third-order valence-corrected chi connectivity index (χ3v) is 6.32. The lowest BCUT2D eigenvalue weighted by molar-refractivity contribution is 0.190. The van der Waals surface area contributed by atoms with Crippen molar-refractivity contribution in [2.24, 2.45) is 0 Å². The van der Waals surface area contributed by atoms with Gasteiger partial charge in [0.25, 0.3) is 5.56 Å². The van der Waals surface area contributed by atoms with Gasteiger partial charge in [0.15, 0.2) is 0 Å². The normalized spacial score (nSPS) is 12.8. The Morgan fingerprint density at radius 3 is 2.61 bits per heavy atom. The van der Waals surface area contributed by atoms with Crippen molar-refractivity contribution < 1.29 is 18.3 Å². The number of benzene rings is 2. The van der Waals surface area contributed by atoms with E-state index in [9.17, 15) is 18.0 Å². The number of carbonyl (C=O) groups is 1. The molecular formula is C20H21ClN4O5S. The van der Waals surface area contributed by atoms with Crippen molar-refractivity contribution in [2.45, 2.75) is 19.5 Å². The Balaban J connectivity index is 2.24. The maximum Gasteiger partial charge on any atom is 0.405 e. The van der Waals surface area contributed by atoms with Gasteiger partial charge in [0, 0.05) is 13.6 Å². The molecule has 9 nitrogen and oxygen atoms in total. The summed E-state index contributed by atoms with van der Waals surface area (Å²) in [4.78, 5) is 29.1. The number of aromatic nitrogens is 2. The molecule has 0 aliphatic rings. The first-order valence-electron chi connectivity index (χ1n) is 9.20. The molecule has 0 saturated carbocycles. The maximum atomic E-state index is 13.4. The van der Waals surface area contributed by atoms with Crippen molar-refractivity contribution in [3.8, 4) is 5.69 Å². The number of carboxylic acid groups (broad SMARTS) is 1. The van der Waals surface area contributed by atoms with E-state index in [4.69, 9.17) is 16.7 Å². The lowest BCUT2D eigenvalue weighted by Crippen LogP contribution is -2.32. The molecule has 1 heterocycles. The minimum Gasteiger partial charge on any atom is -0.465 e. The molecule has 0 fully saturated rings. The molecule has 1 aromatic heterocycles. The fourth-order valence-corrected chi connectivity index (χ4v) is 3.80. The molecule has 0 saturated heterocycles. The molecule has 0 aliphatic heterocycles. The van der Waals surface area contributed by atoms with Gasteiger partial charge in [-0.25, -0.2) is 22.5 Å². The summed E-state index contributed by atoms with van der Waals surface area (Å²) in [6.07, 6.45) is -0.156. The third-order valence-electron chi connectivity index (χ3n) is 4.74. The van der Waals surface area contributed by atoms with Crippen LogP contribution in [0.4, 0.5) is 4.79 Å². The number of nitrogens with one attached hydrogen (secondary N) is 1. The van der Waals surface area contributed by atoms with E-state index in [0.717, 1.165) is 6.26 Å². The van der Waals surface area contributed by atoms with Crippen LogP contribution in [0.15, 0.2) is 47.3 Å². The number of amides is 1. The molecule has 11 heteroatoms. The predicted octanol–water partition coefficient (Wildman–Crippen LogP) is 2.76. The summed E-state index contributed by atoms with van der Waals surface area (Å²) in [7, 11) is -1.94. The molecule has 2 aromatic carbocycles. The largest absolute Gasteiger partial charge is 0.465 e. The average molecular weight is 465 g/mol. The van der Waals surface area contributed by atoms with Crippen LogP contribution >= 0.6 is 11.6 Å². The van der Waals surface area contributed by atoms with Crippen LogP contribution in [0.1, 0.15) is 24.4 Å². The van der Waals surface area contributed by atoms with Crippen LogP contribution in [0.3, 0.4) is 0 Å². The van der Waals surface area contributed by atoms with E-state index in [2.05, 4.69) is 10.3 Å². The Bertz CT molecular complexity index is 1320. The van der Waals surface area contributed by atoms with Gasteiger partial charge in [0.1, 0.15) is 5.82 Å². The Hall–Kier alpha value is -2.95. The first-order valence-corrected chi connectivity index (χ1v) is 11.4. The Kier molecular flexibility index (Phi) is 6.35. The van der Waals surface area contributed by atoms with E-state index in [-0.39, 0.29) is 22.8 Å². The average Bonchev–Trinajstić information content (AvgIpc) is 2.66. The quantitative estimate of drug-likeness (QED) is 0.578. The molecule has 0 spiro atoms.